The lowest BCUT2D eigenvalue weighted by atomic mass is 9.76. The number of benzene rings is 1. The number of hydrogen-bond donors (Lipinski definition) is 1. The average Bonchev–Trinajstić information content (AvgIpc) is 2.06. The van der Waals surface area contributed by atoms with Gasteiger partial charge < -0.3 is 5.73 Å². The summed E-state index contributed by atoms with van der Waals surface area (Å²) in [6.45, 7) is 11.4. The first-order chi connectivity index (χ1) is 7.21. The topological polar surface area (TPSA) is 26.0 Å². The van der Waals surface area contributed by atoms with Crippen molar-refractivity contribution in [2.24, 2.45) is 0 Å². The van der Waals surface area contributed by atoms with Crippen molar-refractivity contribution in [2.45, 2.75) is 56.1 Å². The van der Waals surface area contributed by atoms with Crippen LogP contribution in [-0.2, 0) is 5.41 Å². The largest absolute Gasteiger partial charge is 0.399 e. The summed E-state index contributed by atoms with van der Waals surface area (Å²) in [7, 11) is 0. The van der Waals surface area contributed by atoms with Crippen molar-refractivity contribution >= 4 is 17.4 Å². The molecule has 0 fully saturated rings. The molecule has 0 aliphatic carbocycles. The molecule has 1 nitrogen and oxygen atoms in total. The van der Waals surface area contributed by atoms with Gasteiger partial charge in [-0.15, -0.1) is 11.8 Å². The molecule has 0 bridgehead atoms. The van der Waals surface area contributed by atoms with Gasteiger partial charge in [0.05, 0.1) is 0 Å². The summed E-state index contributed by atoms with van der Waals surface area (Å²) in [6, 6.07) is 4.42. The third-order valence-corrected chi connectivity index (χ3v) is 4.61. The van der Waals surface area contributed by atoms with E-state index in [2.05, 4.69) is 46.8 Å². The van der Waals surface area contributed by atoms with Crippen LogP contribution in [0.25, 0.3) is 0 Å². The Kier molecular flexibility index (Phi) is 2.54. The Morgan fingerprint density at radius 1 is 1.19 bits per heavy atom. The van der Waals surface area contributed by atoms with Crippen LogP contribution in [0.15, 0.2) is 17.0 Å². The first-order valence-corrected chi connectivity index (χ1v) is 6.63. The van der Waals surface area contributed by atoms with Gasteiger partial charge in [0.1, 0.15) is 0 Å². The van der Waals surface area contributed by atoms with Gasteiger partial charge in [-0.05, 0) is 42.0 Å². The SMILES string of the molecule is Cc1cc2c(cc1N)C(C)(C)CC(C)(C)S2. The molecule has 1 aromatic carbocycles. The number of hydrogen-bond acceptors (Lipinski definition) is 2. The van der Waals surface area contributed by atoms with Gasteiger partial charge in [0.2, 0.25) is 0 Å². The molecule has 2 N–H and O–H groups in total. The molecule has 0 unspecified atom stereocenters. The Morgan fingerprint density at radius 3 is 2.44 bits per heavy atom. The van der Waals surface area contributed by atoms with E-state index in [1.807, 2.05) is 11.8 Å². The molecule has 0 radical (unpaired) electrons. The zero-order chi connectivity index (χ0) is 12.1. The number of nitrogen functional groups attached to an aromatic ring is 1. The predicted octanol–water partition coefficient (Wildman–Crippen LogP) is 4.13. The third kappa shape index (κ3) is 1.95. The molecule has 16 heavy (non-hydrogen) atoms. The number of rotatable bonds is 0. The van der Waals surface area contributed by atoms with Crippen LogP contribution < -0.4 is 5.73 Å². The number of nitrogens with two attached hydrogens (primary N) is 1. The monoisotopic (exact) mass is 235 g/mol. The molecule has 2 rings (SSSR count). The van der Waals surface area contributed by atoms with E-state index in [1.54, 1.807) is 0 Å². The van der Waals surface area contributed by atoms with Crippen molar-refractivity contribution in [3.63, 3.8) is 0 Å². The second-order valence-electron chi connectivity index (χ2n) is 6.13. The summed E-state index contributed by atoms with van der Waals surface area (Å²) in [6.07, 6.45) is 1.19. The fraction of sp³-hybridized carbons (Fsp3) is 0.571. The lowest BCUT2D eigenvalue weighted by molar-refractivity contribution is 0.408. The third-order valence-electron chi connectivity index (χ3n) is 3.35. The highest BCUT2D eigenvalue weighted by Gasteiger charge is 2.38. The fourth-order valence-corrected chi connectivity index (χ4v) is 4.51. The number of aryl methyl sites for hydroxylation is 1. The van der Waals surface area contributed by atoms with Gasteiger partial charge in [-0.3, -0.25) is 0 Å². The normalized spacial score (nSPS) is 21.6. The molecule has 1 aliphatic heterocycles. The molecule has 2 heteroatoms. The second-order valence-corrected chi connectivity index (χ2v) is 7.88. The molecule has 0 atom stereocenters. The van der Waals surface area contributed by atoms with Gasteiger partial charge in [0.25, 0.3) is 0 Å². The molecular weight excluding hydrogens is 214 g/mol. The van der Waals surface area contributed by atoms with Crippen LogP contribution in [0.1, 0.15) is 45.2 Å². The molecule has 1 aromatic rings. The Balaban J connectivity index is 2.60. The zero-order valence-corrected chi connectivity index (χ0v) is 11.7. The van der Waals surface area contributed by atoms with Crippen molar-refractivity contribution in [2.75, 3.05) is 5.73 Å². The quantitative estimate of drug-likeness (QED) is 0.684. The minimum atomic E-state index is 0.228. The maximum Gasteiger partial charge on any atom is 0.0347 e. The van der Waals surface area contributed by atoms with E-state index in [-0.39, 0.29) is 5.41 Å². The van der Waals surface area contributed by atoms with Crippen LogP contribution in [-0.4, -0.2) is 4.75 Å². The van der Waals surface area contributed by atoms with Crippen LogP contribution in [0.2, 0.25) is 0 Å². The van der Waals surface area contributed by atoms with Crippen LogP contribution in [0, 0.1) is 6.92 Å². The Bertz CT molecular complexity index is 433. The van der Waals surface area contributed by atoms with Gasteiger partial charge >= 0.3 is 0 Å². The van der Waals surface area contributed by atoms with E-state index < -0.39 is 0 Å². The molecule has 0 aromatic heterocycles. The predicted molar refractivity (Wildman–Crippen MR) is 73.2 cm³/mol. The number of thioether (sulfide) groups is 1. The molecule has 0 amide bonds. The first kappa shape index (κ1) is 11.8. The van der Waals surface area contributed by atoms with Gasteiger partial charge in [-0.25, -0.2) is 0 Å². The minimum Gasteiger partial charge on any atom is -0.399 e. The maximum atomic E-state index is 6.02. The van der Waals surface area contributed by atoms with Crippen LogP contribution >= 0.6 is 11.8 Å². The van der Waals surface area contributed by atoms with E-state index in [9.17, 15) is 0 Å². The Labute approximate surface area is 103 Å². The summed E-state index contributed by atoms with van der Waals surface area (Å²) in [5.74, 6) is 0. The highest BCUT2D eigenvalue weighted by molar-refractivity contribution is 8.00. The van der Waals surface area contributed by atoms with Gasteiger partial charge in [-0.2, -0.15) is 0 Å². The summed E-state index contributed by atoms with van der Waals surface area (Å²) in [4.78, 5) is 1.41. The van der Waals surface area contributed by atoms with E-state index in [1.165, 1.54) is 22.4 Å². The summed E-state index contributed by atoms with van der Waals surface area (Å²) < 4.78 is 0.319. The zero-order valence-electron chi connectivity index (χ0n) is 10.8. The van der Waals surface area contributed by atoms with E-state index in [0.29, 0.717) is 4.75 Å². The lowest BCUT2D eigenvalue weighted by Gasteiger charge is -2.42. The highest BCUT2D eigenvalue weighted by atomic mass is 32.2. The maximum absolute atomic E-state index is 6.02. The van der Waals surface area contributed by atoms with E-state index >= 15 is 0 Å². The van der Waals surface area contributed by atoms with Gasteiger partial charge in [0.15, 0.2) is 0 Å². The lowest BCUT2D eigenvalue weighted by Crippen LogP contribution is -2.33. The van der Waals surface area contributed by atoms with Crippen molar-refractivity contribution in [3.8, 4) is 0 Å². The molecule has 0 spiro atoms. The molecule has 88 valence electrons. The van der Waals surface area contributed by atoms with Crippen molar-refractivity contribution in [3.05, 3.63) is 23.3 Å². The molecule has 1 heterocycles. The van der Waals surface area contributed by atoms with E-state index in [4.69, 9.17) is 5.73 Å². The molecule has 0 saturated heterocycles. The number of fused-ring (bicyclic) bond motifs is 1. The summed E-state index contributed by atoms with van der Waals surface area (Å²) in [5, 5.41) is 0. The molecule has 1 aliphatic rings. The number of anilines is 1. The van der Waals surface area contributed by atoms with Crippen molar-refractivity contribution in [1.82, 2.24) is 0 Å². The Hall–Kier alpha value is -0.630. The summed E-state index contributed by atoms with van der Waals surface area (Å²) >= 11 is 1.98. The van der Waals surface area contributed by atoms with Gasteiger partial charge in [-0.1, -0.05) is 27.7 Å². The van der Waals surface area contributed by atoms with Crippen LogP contribution in [0.5, 0.6) is 0 Å². The highest BCUT2D eigenvalue weighted by Crippen LogP contribution is 2.51. The fourth-order valence-electron chi connectivity index (χ4n) is 2.80. The molecule has 0 saturated carbocycles. The van der Waals surface area contributed by atoms with E-state index in [0.717, 1.165) is 5.69 Å². The molecular formula is C14H21NS. The average molecular weight is 235 g/mol. The summed E-state index contributed by atoms with van der Waals surface area (Å²) in [5.41, 5.74) is 9.79. The Morgan fingerprint density at radius 2 is 1.81 bits per heavy atom. The minimum absolute atomic E-state index is 0.228. The smallest absolute Gasteiger partial charge is 0.0347 e. The van der Waals surface area contributed by atoms with Gasteiger partial charge in [0, 0.05) is 15.3 Å². The van der Waals surface area contributed by atoms with Crippen LogP contribution in [0.3, 0.4) is 0 Å². The second kappa shape index (κ2) is 3.43. The van der Waals surface area contributed by atoms with Crippen LogP contribution in [0.4, 0.5) is 5.69 Å². The standard InChI is InChI=1S/C14H21NS/c1-9-6-12-10(7-11(9)15)13(2,3)8-14(4,5)16-12/h6-7H,8,15H2,1-5H3. The van der Waals surface area contributed by atoms with Crippen molar-refractivity contribution in [1.29, 1.82) is 0 Å². The first-order valence-electron chi connectivity index (χ1n) is 5.81. The van der Waals surface area contributed by atoms with Crippen molar-refractivity contribution < 1.29 is 0 Å².